The van der Waals surface area contributed by atoms with Crippen LogP contribution in [0.4, 0.5) is 11.4 Å². The van der Waals surface area contributed by atoms with Crippen LogP contribution in [-0.2, 0) is 0 Å². The van der Waals surface area contributed by atoms with E-state index in [4.69, 9.17) is 4.74 Å². The van der Waals surface area contributed by atoms with Crippen molar-refractivity contribution in [1.29, 1.82) is 0 Å². The number of imide groups is 1. The number of nitro groups is 2. The zero-order valence-corrected chi connectivity index (χ0v) is 19.3. The van der Waals surface area contributed by atoms with E-state index in [9.17, 15) is 29.8 Å². The van der Waals surface area contributed by atoms with E-state index < -0.39 is 44.2 Å². The van der Waals surface area contributed by atoms with Crippen molar-refractivity contribution in [3.63, 3.8) is 0 Å². The predicted molar refractivity (Wildman–Crippen MR) is 136 cm³/mol. The van der Waals surface area contributed by atoms with Gasteiger partial charge in [0.05, 0.1) is 15.4 Å². The first-order valence-electron chi connectivity index (χ1n) is 11.1. The predicted octanol–water partition coefficient (Wildman–Crippen LogP) is 5.25. The van der Waals surface area contributed by atoms with Crippen LogP contribution in [0.5, 0.6) is 11.5 Å². The largest absolute Gasteiger partial charge is 0.457 e. The normalized spacial score (nSPS) is 11.7. The minimum absolute atomic E-state index is 0.115. The number of ether oxygens (including phenoxy) is 1. The monoisotopic (exact) mass is 505 g/mol. The average molecular weight is 505 g/mol. The van der Waals surface area contributed by atoms with Crippen molar-refractivity contribution in [2.75, 3.05) is 0 Å². The molecule has 38 heavy (non-hydrogen) atoms. The third-order valence-electron chi connectivity index (χ3n) is 5.73. The Morgan fingerprint density at radius 3 is 1.89 bits per heavy atom. The van der Waals surface area contributed by atoms with Gasteiger partial charge in [0.25, 0.3) is 11.8 Å². The van der Waals surface area contributed by atoms with E-state index in [1.54, 1.807) is 78.9 Å². The van der Waals surface area contributed by atoms with Crippen LogP contribution < -0.4 is 10.1 Å². The molecule has 10 heteroatoms. The minimum atomic E-state index is -1.11. The van der Waals surface area contributed by atoms with Crippen molar-refractivity contribution in [2.24, 2.45) is 0 Å². The Balaban J connectivity index is 1.91. The summed E-state index contributed by atoms with van der Waals surface area (Å²) in [7, 11) is 0. The van der Waals surface area contributed by atoms with Gasteiger partial charge in [0.15, 0.2) is 0 Å². The van der Waals surface area contributed by atoms with E-state index in [0.717, 1.165) is 0 Å². The fourth-order valence-electron chi connectivity index (χ4n) is 4.18. The van der Waals surface area contributed by atoms with Gasteiger partial charge in [-0.1, -0.05) is 66.4 Å². The van der Waals surface area contributed by atoms with Crippen LogP contribution in [-0.4, -0.2) is 21.7 Å². The fraction of sp³-hybridized carbons (Fsp3) is 0. The van der Waals surface area contributed by atoms with Gasteiger partial charge in [0, 0.05) is 16.7 Å². The lowest BCUT2D eigenvalue weighted by Crippen LogP contribution is -2.20. The Bertz CT molecular complexity index is 1710. The molecule has 0 aromatic heterocycles. The summed E-state index contributed by atoms with van der Waals surface area (Å²) in [5.41, 5.74) is -3.01. The van der Waals surface area contributed by atoms with Gasteiger partial charge in [-0.3, -0.25) is 35.1 Å². The maximum absolute atomic E-state index is 13.0. The summed E-state index contributed by atoms with van der Waals surface area (Å²) in [5, 5.41) is 26.4. The maximum Gasteiger partial charge on any atom is 0.363 e. The van der Waals surface area contributed by atoms with Gasteiger partial charge < -0.3 is 4.74 Å². The molecule has 0 unspecified atom stereocenters. The lowest BCUT2D eigenvalue weighted by Gasteiger charge is -2.15. The number of hydrogen-bond donors (Lipinski definition) is 1. The molecule has 10 nitrogen and oxygen atoms in total. The standard InChI is InChI=1S/C28H15N3O7/c32-27-23-22(19-13-7-8-14-21(19)38-18-11-5-2-6-12-18)20(16-15-17-9-3-1-4-10-17)25(30(34)35)26(31(36)37)24(23)28(33)29-27/h1-14H,(H,29,32,33). The third kappa shape index (κ3) is 4.20. The number of amides is 2. The second-order valence-corrected chi connectivity index (χ2v) is 8.02. The topological polar surface area (TPSA) is 142 Å². The van der Waals surface area contributed by atoms with Gasteiger partial charge >= 0.3 is 11.4 Å². The lowest BCUT2D eigenvalue weighted by atomic mass is 9.88. The molecule has 4 aromatic carbocycles. The molecule has 0 bridgehead atoms. The van der Waals surface area contributed by atoms with Gasteiger partial charge in [0.2, 0.25) is 0 Å². The molecule has 4 aromatic rings. The molecule has 5 rings (SSSR count). The molecule has 0 fully saturated rings. The van der Waals surface area contributed by atoms with Crippen molar-refractivity contribution < 1.29 is 24.2 Å². The first kappa shape index (κ1) is 23.9. The Morgan fingerprint density at radius 1 is 0.658 bits per heavy atom. The van der Waals surface area contributed by atoms with Gasteiger partial charge in [-0.15, -0.1) is 0 Å². The number of benzene rings is 4. The van der Waals surface area contributed by atoms with E-state index in [1.165, 1.54) is 6.07 Å². The first-order chi connectivity index (χ1) is 18.4. The number of carbonyl (C=O) groups is 2. The quantitative estimate of drug-likeness (QED) is 0.169. The van der Waals surface area contributed by atoms with E-state index in [2.05, 4.69) is 11.8 Å². The van der Waals surface area contributed by atoms with Crippen LogP contribution >= 0.6 is 0 Å². The minimum Gasteiger partial charge on any atom is -0.457 e. The maximum atomic E-state index is 13.0. The SMILES string of the molecule is O=C1NC(=O)c2c1c(-c1ccccc1Oc1ccccc1)c(C#Cc1ccccc1)c([N+](=O)[O-])c2[N+](=O)[O-]. The zero-order chi connectivity index (χ0) is 26.8. The van der Waals surface area contributed by atoms with Crippen LogP contribution in [0.1, 0.15) is 31.8 Å². The number of carbonyl (C=O) groups excluding carboxylic acids is 2. The molecular weight excluding hydrogens is 490 g/mol. The summed E-state index contributed by atoms with van der Waals surface area (Å²) < 4.78 is 6.01. The molecule has 0 saturated carbocycles. The van der Waals surface area contributed by atoms with E-state index in [1.807, 2.05) is 5.32 Å². The Hall–Kier alpha value is -5.82. The summed E-state index contributed by atoms with van der Waals surface area (Å²) in [6.07, 6.45) is 0. The highest BCUT2D eigenvalue weighted by Crippen LogP contribution is 2.47. The van der Waals surface area contributed by atoms with Crippen molar-refractivity contribution >= 4 is 23.2 Å². The summed E-state index contributed by atoms with van der Waals surface area (Å²) in [6.45, 7) is 0. The second kappa shape index (κ2) is 9.67. The molecule has 0 aliphatic carbocycles. The molecule has 1 aliphatic rings. The molecule has 0 radical (unpaired) electrons. The van der Waals surface area contributed by atoms with Crippen molar-refractivity contribution in [1.82, 2.24) is 5.32 Å². The lowest BCUT2D eigenvalue weighted by molar-refractivity contribution is -0.422. The number of nitro benzene ring substituents is 2. The number of fused-ring (bicyclic) bond motifs is 1. The molecule has 2 amide bonds. The number of rotatable bonds is 5. The van der Waals surface area contributed by atoms with Crippen molar-refractivity contribution in [3.8, 4) is 34.5 Å². The number of nitrogens with one attached hydrogen (secondary N) is 1. The number of para-hydroxylation sites is 2. The summed E-state index contributed by atoms with van der Waals surface area (Å²) in [6, 6.07) is 23.5. The number of nitrogens with zero attached hydrogens (tertiary/aromatic N) is 2. The Labute approximate surface area is 214 Å². The molecular formula is C28H15N3O7. The molecule has 0 atom stereocenters. The van der Waals surface area contributed by atoms with Crippen LogP contribution in [0.2, 0.25) is 0 Å². The van der Waals surface area contributed by atoms with Crippen LogP contribution in [0.15, 0.2) is 84.9 Å². The highest BCUT2D eigenvalue weighted by Gasteiger charge is 2.46. The smallest absolute Gasteiger partial charge is 0.363 e. The molecule has 0 spiro atoms. The highest BCUT2D eigenvalue weighted by atomic mass is 16.6. The summed E-state index contributed by atoms with van der Waals surface area (Å²) >= 11 is 0. The highest BCUT2D eigenvalue weighted by molar-refractivity contribution is 6.27. The molecule has 1 N–H and O–H groups in total. The zero-order valence-electron chi connectivity index (χ0n) is 19.3. The van der Waals surface area contributed by atoms with Gasteiger partial charge in [-0.05, 0) is 30.3 Å². The molecule has 0 saturated heterocycles. The van der Waals surface area contributed by atoms with E-state index >= 15 is 0 Å². The van der Waals surface area contributed by atoms with Crippen molar-refractivity contribution in [3.05, 3.63) is 127 Å². The summed E-state index contributed by atoms with van der Waals surface area (Å²) in [4.78, 5) is 48.1. The van der Waals surface area contributed by atoms with Crippen LogP contribution in [0.25, 0.3) is 11.1 Å². The fourth-order valence-corrected chi connectivity index (χ4v) is 4.18. The summed E-state index contributed by atoms with van der Waals surface area (Å²) in [5.74, 6) is 4.06. The Morgan fingerprint density at radius 2 is 1.24 bits per heavy atom. The Kier molecular flexibility index (Phi) is 6.08. The third-order valence-corrected chi connectivity index (χ3v) is 5.73. The van der Waals surface area contributed by atoms with Gasteiger partial charge in [-0.2, -0.15) is 0 Å². The van der Waals surface area contributed by atoms with E-state index in [-0.39, 0.29) is 22.4 Å². The molecule has 1 heterocycles. The van der Waals surface area contributed by atoms with E-state index in [0.29, 0.717) is 11.3 Å². The van der Waals surface area contributed by atoms with Crippen molar-refractivity contribution in [2.45, 2.75) is 0 Å². The average Bonchev–Trinajstić information content (AvgIpc) is 3.21. The van der Waals surface area contributed by atoms with Crippen LogP contribution in [0, 0.1) is 32.1 Å². The first-order valence-corrected chi connectivity index (χ1v) is 11.1. The number of hydrogen-bond acceptors (Lipinski definition) is 7. The van der Waals surface area contributed by atoms with Crippen LogP contribution in [0.3, 0.4) is 0 Å². The molecule has 184 valence electrons. The second-order valence-electron chi connectivity index (χ2n) is 8.02. The van der Waals surface area contributed by atoms with Gasteiger partial charge in [0.1, 0.15) is 22.6 Å². The van der Waals surface area contributed by atoms with Gasteiger partial charge in [-0.25, -0.2) is 0 Å². The molecule has 1 aliphatic heterocycles.